The second-order valence-corrected chi connectivity index (χ2v) is 6.39. The third kappa shape index (κ3) is 3.84. The summed E-state index contributed by atoms with van der Waals surface area (Å²) < 4.78 is 26.7. The molecule has 0 spiro atoms. The van der Waals surface area contributed by atoms with Crippen molar-refractivity contribution in [3.05, 3.63) is 56.2 Å². The number of nitrogens with one attached hydrogen (secondary N) is 1. The summed E-state index contributed by atoms with van der Waals surface area (Å²) in [4.78, 5) is 12.8. The van der Waals surface area contributed by atoms with Crippen molar-refractivity contribution in [2.24, 2.45) is 0 Å². The van der Waals surface area contributed by atoms with Crippen LogP contribution in [0.2, 0.25) is 0 Å². The molecule has 0 atom stereocenters. The summed E-state index contributed by atoms with van der Waals surface area (Å²) in [5, 5.41) is 2.67. The van der Waals surface area contributed by atoms with Gasteiger partial charge >= 0.3 is 0 Å². The summed E-state index contributed by atoms with van der Waals surface area (Å²) in [6, 6.07) is 7.01. The zero-order valence-electron chi connectivity index (χ0n) is 9.75. The summed E-state index contributed by atoms with van der Waals surface area (Å²) in [6.07, 6.45) is 0.700. The molecule has 0 unspecified atom stereocenters. The lowest BCUT2D eigenvalue weighted by molar-refractivity contribution is 0.0953. The lowest BCUT2D eigenvalue weighted by Crippen LogP contribution is -2.25. The highest BCUT2D eigenvalue weighted by Gasteiger charge is 2.09. The third-order valence-electron chi connectivity index (χ3n) is 2.47. The molecule has 0 saturated heterocycles. The van der Waals surface area contributed by atoms with Gasteiger partial charge in [-0.1, -0.05) is 0 Å². The molecule has 0 radical (unpaired) electrons. The topological polar surface area (TPSA) is 29.1 Å². The summed E-state index contributed by atoms with van der Waals surface area (Å²) in [7, 11) is 0. The van der Waals surface area contributed by atoms with Crippen molar-refractivity contribution in [2.45, 2.75) is 6.42 Å². The number of thiophene rings is 1. The van der Waals surface area contributed by atoms with Crippen molar-refractivity contribution in [3.8, 4) is 0 Å². The maximum absolute atomic E-state index is 13.0. The van der Waals surface area contributed by atoms with Crippen LogP contribution in [0.1, 0.15) is 15.2 Å². The molecule has 0 fully saturated rings. The SMILES string of the molecule is O=C(NCCc1ccc(Br)s1)c1ccc(F)c(F)c1. The summed E-state index contributed by atoms with van der Waals surface area (Å²) in [6.45, 7) is 0.449. The van der Waals surface area contributed by atoms with E-state index in [-0.39, 0.29) is 5.56 Å². The molecular formula is C13H10BrF2NOS. The lowest BCUT2D eigenvalue weighted by Gasteiger charge is -2.04. The number of hydrogen-bond acceptors (Lipinski definition) is 2. The summed E-state index contributed by atoms with van der Waals surface area (Å²) >= 11 is 4.95. The molecule has 1 N–H and O–H groups in total. The van der Waals surface area contributed by atoms with Crippen LogP contribution in [0.3, 0.4) is 0 Å². The molecule has 2 aromatic rings. The number of carbonyl (C=O) groups excluding carboxylic acids is 1. The molecule has 0 bridgehead atoms. The van der Waals surface area contributed by atoms with E-state index in [1.165, 1.54) is 6.07 Å². The van der Waals surface area contributed by atoms with Gasteiger partial charge in [0.05, 0.1) is 3.79 Å². The van der Waals surface area contributed by atoms with E-state index in [9.17, 15) is 13.6 Å². The normalized spacial score (nSPS) is 10.5. The Labute approximate surface area is 121 Å². The van der Waals surface area contributed by atoms with Gasteiger partial charge in [0.2, 0.25) is 0 Å². The highest BCUT2D eigenvalue weighted by molar-refractivity contribution is 9.11. The van der Waals surface area contributed by atoms with Crippen LogP contribution in [0.4, 0.5) is 8.78 Å². The Bertz CT molecular complexity index is 600. The second kappa shape index (κ2) is 6.25. The van der Waals surface area contributed by atoms with Gasteiger partial charge in [-0.25, -0.2) is 8.78 Å². The molecule has 100 valence electrons. The van der Waals surface area contributed by atoms with Crippen molar-refractivity contribution >= 4 is 33.2 Å². The minimum absolute atomic E-state index is 0.117. The van der Waals surface area contributed by atoms with E-state index < -0.39 is 17.5 Å². The van der Waals surface area contributed by atoms with Crippen LogP contribution in [0.15, 0.2) is 34.1 Å². The smallest absolute Gasteiger partial charge is 0.251 e. The third-order valence-corrected chi connectivity index (χ3v) is 4.15. The Kier molecular flexibility index (Phi) is 4.66. The fourth-order valence-electron chi connectivity index (χ4n) is 1.52. The van der Waals surface area contributed by atoms with Gasteiger partial charge < -0.3 is 5.32 Å². The molecule has 19 heavy (non-hydrogen) atoms. The highest BCUT2D eigenvalue weighted by atomic mass is 79.9. The molecule has 2 rings (SSSR count). The minimum atomic E-state index is -1.02. The average Bonchev–Trinajstić information content (AvgIpc) is 2.78. The Morgan fingerprint density at radius 2 is 2.00 bits per heavy atom. The Balaban J connectivity index is 1.89. The standard InChI is InChI=1S/C13H10BrF2NOS/c14-12-4-2-9(19-12)5-6-17-13(18)8-1-3-10(15)11(16)7-8/h1-4,7H,5-6H2,(H,17,18). The zero-order chi connectivity index (χ0) is 13.8. The van der Waals surface area contributed by atoms with Crippen LogP contribution in [-0.2, 0) is 6.42 Å². The van der Waals surface area contributed by atoms with Crippen LogP contribution < -0.4 is 5.32 Å². The summed E-state index contributed by atoms with van der Waals surface area (Å²) in [5.74, 6) is -2.38. The fraction of sp³-hybridized carbons (Fsp3) is 0.154. The molecule has 0 aliphatic rings. The first-order valence-electron chi connectivity index (χ1n) is 5.54. The summed E-state index contributed by atoms with van der Waals surface area (Å²) in [5.41, 5.74) is 0.117. The quantitative estimate of drug-likeness (QED) is 0.897. The van der Waals surface area contributed by atoms with Crippen LogP contribution in [0, 0.1) is 11.6 Å². The largest absolute Gasteiger partial charge is 0.352 e. The van der Waals surface area contributed by atoms with Gasteiger partial charge in [0, 0.05) is 17.0 Å². The van der Waals surface area contributed by atoms with Crippen LogP contribution in [-0.4, -0.2) is 12.5 Å². The number of benzene rings is 1. The average molecular weight is 346 g/mol. The first kappa shape index (κ1) is 14.1. The number of rotatable bonds is 4. The molecular weight excluding hydrogens is 336 g/mol. The molecule has 1 aromatic carbocycles. The molecule has 1 aromatic heterocycles. The lowest BCUT2D eigenvalue weighted by atomic mass is 10.2. The molecule has 1 heterocycles. The van der Waals surface area contributed by atoms with Crippen LogP contribution in [0.25, 0.3) is 0 Å². The van der Waals surface area contributed by atoms with Crippen molar-refractivity contribution in [3.63, 3.8) is 0 Å². The molecule has 1 amide bonds. The first-order valence-corrected chi connectivity index (χ1v) is 7.14. The molecule has 0 saturated carbocycles. The fourth-order valence-corrected chi connectivity index (χ4v) is 3.01. The van der Waals surface area contributed by atoms with Crippen molar-refractivity contribution in [2.75, 3.05) is 6.54 Å². The van der Waals surface area contributed by atoms with E-state index >= 15 is 0 Å². The van der Waals surface area contributed by atoms with E-state index in [4.69, 9.17) is 0 Å². The van der Waals surface area contributed by atoms with E-state index in [0.717, 1.165) is 20.8 Å². The van der Waals surface area contributed by atoms with E-state index in [2.05, 4.69) is 21.2 Å². The van der Waals surface area contributed by atoms with Gasteiger partial charge in [-0.05, 0) is 52.7 Å². The maximum atomic E-state index is 13.0. The van der Waals surface area contributed by atoms with Crippen LogP contribution in [0.5, 0.6) is 0 Å². The Morgan fingerprint density at radius 3 is 2.63 bits per heavy atom. The first-order chi connectivity index (χ1) is 9.06. The molecule has 0 aliphatic heterocycles. The number of amides is 1. The maximum Gasteiger partial charge on any atom is 0.251 e. The van der Waals surface area contributed by atoms with Crippen molar-refractivity contribution in [1.29, 1.82) is 0 Å². The highest BCUT2D eigenvalue weighted by Crippen LogP contribution is 2.22. The monoisotopic (exact) mass is 345 g/mol. The number of hydrogen-bond donors (Lipinski definition) is 1. The van der Waals surface area contributed by atoms with Crippen molar-refractivity contribution < 1.29 is 13.6 Å². The van der Waals surface area contributed by atoms with E-state index in [0.29, 0.717) is 13.0 Å². The van der Waals surface area contributed by atoms with Crippen LogP contribution >= 0.6 is 27.3 Å². The number of carbonyl (C=O) groups is 1. The van der Waals surface area contributed by atoms with Gasteiger partial charge in [-0.3, -0.25) is 4.79 Å². The van der Waals surface area contributed by atoms with E-state index in [1.807, 2.05) is 12.1 Å². The van der Waals surface area contributed by atoms with Gasteiger partial charge in [0.15, 0.2) is 11.6 Å². The Morgan fingerprint density at radius 1 is 1.21 bits per heavy atom. The number of halogens is 3. The Hall–Kier alpha value is -1.27. The second-order valence-electron chi connectivity index (χ2n) is 3.84. The van der Waals surface area contributed by atoms with Gasteiger partial charge in [0.1, 0.15) is 0 Å². The van der Waals surface area contributed by atoms with Gasteiger partial charge in [-0.2, -0.15) is 0 Å². The van der Waals surface area contributed by atoms with Gasteiger partial charge in [0.25, 0.3) is 5.91 Å². The molecule has 2 nitrogen and oxygen atoms in total. The predicted molar refractivity (Wildman–Crippen MR) is 74.4 cm³/mol. The zero-order valence-corrected chi connectivity index (χ0v) is 12.2. The van der Waals surface area contributed by atoms with Gasteiger partial charge in [-0.15, -0.1) is 11.3 Å². The van der Waals surface area contributed by atoms with E-state index in [1.54, 1.807) is 11.3 Å². The molecule has 0 aliphatic carbocycles. The van der Waals surface area contributed by atoms with Crippen molar-refractivity contribution in [1.82, 2.24) is 5.32 Å². The predicted octanol–water partition coefficient (Wildman–Crippen LogP) is 3.76. The molecule has 6 heteroatoms. The minimum Gasteiger partial charge on any atom is -0.352 e.